The molecule has 118 valence electrons. The molecule has 2 heterocycles. The minimum absolute atomic E-state index is 0.0268. The van der Waals surface area contributed by atoms with E-state index in [-0.39, 0.29) is 23.2 Å². The Morgan fingerprint density at radius 2 is 2.04 bits per heavy atom. The molecule has 23 heavy (non-hydrogen) atoms. The first-order valence-corrected chi connectivity index (χ1v) is 7.64. The average molecular weight is 310 g/mol. The summed E-state index contributed by atoms with van der Waals surface area (Å²) in [5.74, 6) is -1.27. The molecule has 5 heteroatoms. The van der Waals surface area contributed by atoms with Gasteiger partial charge in [0.2, 0.25) is 0 Å². The number of aryl methyl sites for hydroxylation is 1. The van der Waals surface area contributed by atoms with Crippen molar-refractivity contribution in [2.75, 3.05) is 6.54 Å². The van der Waals surface area contributed by atoms with Crippen LogP contribution < -0.4 is 0 Å². The van der Waals surface area contributed by atoms with Crippen LogP contribution in [0.3, 0.4) is 0 Å². The number of aromatic nitrogens is 1. The van der Waals surface area contributed by atoms with Crippen molar-refractivity contribution >= 4 is 11.9 Å². The maximum atomic E-state index is 12.8. The third kappa shape index (κ3) is 2.95. The van der Waals surface area contributed by atoms with Crippen molar-refractivity contribution in [3.05, 3.63) is 65.0 Å². The average Bonchev–Trinajstić information content (AvgIpc) is 3.04. The summed E-state index contributed by atoms with van der Waals surface area (Å²) in [5.41, 5.74) is 2.57. The Bertz CT molecular complexity index is 757. The largest absolute Gasteiger partial charge is 0.478 e. The summed E-state index contributed by atoms with van der Waals surface area (Å²) in [7, 11) is 0. The van der Waals surface area contributed by atoms with Gasteiger partial charge in [-0.1, -0.05) is 24.3 Å². The van der Waals surface area contributed by atoms with E-state index in [4.69, 9.17) is 5.11 Å². The maximum absolute atomic E-state index is 12.8. The third-order valence-electron chi connectivity index (χ3n) is 4.29. The van der Waals surface area contributed by atoms with Crippen LogP contribution in [-0.2, 0) is 0 Å². The molecule has 1 aliphatic heterocycles. The van der Waals surface area contributed by atoms with E-state index in [9.17, 15) is 9.59 Å². The smallest absolute Gasteiger partial charge is 0.335 e. The Balaban J connectivity index is 1.91. The standard InChI is InChI=1S/C18H18N2O3/c1-12-5-2-3-6-14(12)16-7-4-10-20(16)17(21)15-11-13(18(22)23)8-9-19-15/h2-3,5-6,8-9,11,16H,4,7,10H2,1H3,(H,22,23). The van der Waals surface area contributed by atoms with E-state index in [1.807, 2.05) is 31.2 Å². The Morgan fingerprint density at radius 3 is 2.78 bits per heavy atom. The zero-order valence-electron chi connectivity index (χ0n) is 12.9. The number of carbonyl (C=O) groups excluding carboxylic acids is 1. The van der Waals surface area contributed by atoms with E-state index in [1.165, 1.54) is 18.3 Å². The molecule has 0 saturated carbocycles. The molecule has 0 aliphatic carbocycles. The van der Waals surface area contributed by atoms with Gasteiger partial charge in [0.25, 0.3) is 5.91 Å². The SMILES string of the molecule is Cc1ccccc1C1CCCN1C(=O)c1cc(C(=O)O)ccn1. The van der Waals surface area contributed by atoms with Crippen LogP contribution in [0.4, 0.5) is 0 Å². The van der Waals surface area contributed by atoms with E-state index in [1.54, 1.807) is 4.90 Å². The van der Waals surface area contributed by atoms with Crippen molar-refractivity contribution in [2.45, 2.75) is 25.8 Å². The van der Waals surface area contributed by atoms with Gasteiger partial charge in [0.1, 0.15) is 5.69 Å². The molecule has 1 N–H and O–H groups in total. The molecule has 0 radical (unpaired) electrons. The van der Waals surface area contributed by atoms with Gasteiger partial charge in [0, 0.05) is 12.7 Å². The number of rotatable bonds is 3. The molecule has 1 aliphatic rings. The van der Waals surface area contributed by atoms with Crippen LogP contribution in [0.25, 0.3) is 0 Å². The zero-order chi connectivity index (χ0) is 16.4. The third-order valence-corrected chi connectivity index (χ3v) is 4.29. The van der Waals surface area contributed by atoms with Gasteiger partial charge in [0.05, 0.1) is 11.6 Å². The fourth-order valence-corrected chi connectivity index (χ4v) is 3.12. The minimum atomic E-state index is -1.06. The van der Waals surface area contributed by atoms with E-state index < -0.39 is 5.97 Å². The molecule has 1 saturated heterocycles. The van der Waals surface area contributed by atoms with E-state index >= 15 is 0 Å². The monoisotopic (exact) mass is 310 g/mol. The minimum Gasteiger partial charge on any atom is -0.478 e. The molecule has 2 aromatic rings. The second-order valence-electron chi connectivity index (χ2n) is 5.75. The number of nitrogens with zero attached hydrogens (tertiary/aromatic N) is 2. The number of amides is 1. The van der Waals surface area contributed by atoms with Gasteiger partial charge in [-0.15, -0.1) is 0 Å². The van der Waals surface area contributed by atoms with Crippen molar-refractivity contribution in [3.8, 4) is 0 Å². The van der Waals surface area contributed by atoms with Gasteiger partial charge in [-0.2, -0.15) is 0 Å². The molecule has 1 atom stereocenters. The second kappa shape index (κ2) is 6.20. The van der Waals surface area contributed by atoms with E-state index in [2.05, 4.69) is 4.98 Å². The number of benzene rings is 1. The highest BCUT2D eigenvalue weighted by atomic mass is 16.4. The van der Waals surface area contributed by atoms with Crippen molar-refractivity contribution in [1.29, 1.82) is 0 Å². The first-order chi connectivity index (χ1) is 11.1. The molecule has 1 unspecified atom stereocenters. The van der Waals surface area contributed by atoms with Crippen LogP contribution in [0.5, 0.6) is 0 Å². The first-order valence-electron chi connectivity index (χ1n) is 7.64. The van der Waals surface area contributed by atoms with Gasteiger partial charge < -0.3 is 10.0 Å². The highest BCUT2D eigenvalue weighted by Gasteiger charge is 2.32. The Labute approximate surface area is 134 Å². The first kappa shape index (κ1) is 15.2. The topological polar surface area (TPSA) is 70.5 Å². The molecule has 1 fully saturated rings. The van der Waals surface area contributed by atoms with Crippen LogP contribution in [-0.4, -0.2) is 33.4 Å². The maximum Gasteiger partial charge on any atom is 0.335 e. The predicted molar refractivity (Wildman–Crippen MR) is 85.4 cm³/mol. The molecule has 0 bridgehead atoms. The van der Waals surface area contributed by atoms with Crippen LogP contribution in [0.2, 0.25) is 0 Å². The summed E-state index contributed by atoms with van der Waals surface area (Å²) in [6, 6.07) is 10.8. The van der Waals surface area contributed by atoms with Crippen LogP contribution in [0, 0.1) is 6.92 Å². The fraction of sp³-hybridized carbons (Fsp3) is 0.278. The van der Waals surface area contributed by atoms with Crippen molar-refractivity contribution in [1.82, 2.24) is 9.88 Å². The lowest BCUT2D eigenvalue weighted by Crippen LogP contribution is -2.31. The van der Waals surface area contributed by atoms with Crippen molar-refractivity contribution in [2.24, 2.45) is 0 Å². The Morgan fingerprint density at radius 1 is 1.26 bits per heavy atom. The Kier molecular flexibility index (Phi) is 4.10. The predicted octanol–water partition coefficient (Wildman–Crippen LogP) is 3.07. The number of carboxylic acid groups (broad SMARTS) is 1. The fourth-order valence-electron chi connectivity index (χ4n) is 3.12. The van der Waals surface area contributed by atoms with Crippen LogP contribution >= 0.6 is 0 Å². The van der Waals surface area contributed by atoms with Crippen LogP contribution in [0.1, 0.15) is 50.9 Å². The molecule has 3 rings (SSSR count). The molecule has 1 aromatic carbocycles. The number of hydrogen-bond acceptors (Lipinski definition) is 3. The van der Waals surface area contributed by atoms with Gasteiger partial charge in [-0.3, -0.25) is 9.78 Å². The number of hydrogen-bond donors (Lipinski definition) is 1. The quantitative estimate of drug-likeness (QED) is 0.946. The van der Waals surface area contributed by atoms with Gasteiger partial charge in [-0.05, 0) is 43.0 Å². The molecule has 1 aromatic heterocycles. The highest BCUT2D eigenvalue weighted by Crippen LogP contribution is 2.34. The normalized spacial score (nSPS) is 17.3. The van der Waals surface area contributed by atoms with E-state index in [0.717, 1.165) is 24.0 Å². The zero-order valence-corrected chi connectivity index (χ0v) is 12.9. The van der Waals surface area contributed by atoms with Crippen LogP contribution in [0.15, 0.2) is 42.6 Å². The summed E-state index contributed by atoms with van der Waals surface area (Å²) in [6.07, 6.45) is 3.22. The molecular formula is C18H18N2O3. The number of likely N-dealkylation sites (tertiary alicyclic amines) is 1. The summed E-state index contributed by atoms with van der Waals surface area (Å²) >= 11 is 0. The number of pyridine rings is 1. The molecule has 5 nitrogen and oxygen atoms in total. The molecule has 0 spiro atoms. The number of carboxylic acids is 1. The highest BCUT2D eigenvalue weighted by molar-refractivity contribution is 5.96. The second-order valence-corrected chi connectivity index (χ2v) is 5.75. The van der Waals surface area contributed by atoms with Crippen molar-refractivity contribution in [3.63, 3.8) is 0 Å². The summed E-state index contributed by atoms with van der Waals surface area (Å²) in [4.78, 5) is 29.7. The lowest BCUT2D eigenvalue weighted by Gasteiger charge is -2.26. The van der Waals surface area contributed by atoms with Gasteiger partial charge >= 0.3 is 5.97 Å². The summed E-state index contributed by atoms with van der Waals surface area (Å²) in [6.45, 7) is 2.70. The number of aromatic carboxylic acids is 1. The number of carbonyl (C=O) groups is 2. The van der Waals surface area contributed by atoms with Crippen molar-refractivity contribution < 1.29 is 14.7 Å². The lowest BCUT2D eigenvalue weighted by atomic mass is 9.99. The molecule has 1 amide bonds. The Hall–Kier alpha value is -2.69. The van der Waals surface area contributed by atoms with E-state index in [0.29, 0.717) is 6.54 Å². The molecular weight excluding hydrogens is 292 g/mol. The van der Waals surface area contributed by atoms with Gasteiger partial charge in [0.15, 0.2) is 0 Å². The van der Waals surface area contributed by atoms with Gasteiger partial charge in [-0.25, -0.2) is 4.79 Å². The lowest BCUT2D eigenvalue weighted by molar-refractivity contribution is 0.0696. The summed E-state index contributed by atoms with van der Waals surface area (Å²) in [5, 5.41) is 9.07. The summed E-state index contributed by atoms with van der Waals surface area (Å²) < 4.78 is 0.